The van der Waals surface area contributed by atoms with Crippen molar-refractivity contribution in [1.82, 2.24) is 10.3 Å². The summed E-state index contributed by atoms with van der Waals surface area (Å²) in [6.07, 6.45) is 5.56. The second-order valence-corrected chi connectivity index (χ2v) is 7.86. The number of allylic oxidation sites excluding steroid dienone is 2. The molecule has 3 N–H and O–H groups in total. The summed E-state index contributed by atoms with van der Waals surface area (Å²) in [6, 6.07) is 0. The van der Waals surface area contributed by atoms with Gasteiger partial charge in [-0.2, -0.15) is 0 Å². The van der Waals surface area contributed by atoms with Gasteiger partial charge in [0, 0.05) is 37.1 Å². The predicted octanol–water partition coefficient (Wildman–Crippen LogP) is 2.24. The lowest BCUT2D eigenvalue weighted by Gasteiger charge is -2.36. The van der Waals surface area contributed by atoms with Crippen LogP contribution < -0.4 is 11.1 Å². The third-order valence-corrected chi connectivity index (χ3v) is 4.65. The van der Waals surface area contributed by atoms with Crippen molar-refractivity contribution in [3.8, 4) is 0 Å². The van der Waals surface area contributed by atoms with Crippen molar-refractivity contribution in [2.24, 2.45) is 11.1 Å². The van der Waals surface area contributed by atoms with Crippen LogP contribution in [0.2, 0.25) is 0 Å². The number of primary amides is 1. The number of ether oxygens (including phenoxy) is 1. The molecule has 1 aliphatic rings. The largest absolute Gasteiger partial charge is 0.366 e. The molecule has 1 aromatic rings. The van der Waals surface area contributed by atoms with E-state index in [1.165, 1.54) is 18.4 Å². The van der Waals surface area contributed by atoms with E-state index in [-0.39, 0.29) is 17.7 Å². The fourth-order valence-electron chi connectivity index (χ4n) is 2.61. The van der Waals surface area contributed by atoms with Crippen molar-refractivity contribution in [1.29, 1.82) is 0 Å². The summed E-state index contributed by atoms with van der Waals surface area (Å²) in [4.78, 5) is 28.3. The number of hydrogen-bond donors (Lipinski definition) is 2. The summed E-state index contributed by atoms with van der Waals surface area (Å²) in [5.74, 6) is -0.619. The molecule has 0 aliphatic heterocycles. The number of nitrogens with two attached hydrogens (primary N) is 1. The number of hydrogen-bond acceptors (Lipinski definition) is 5. The molecule has 1 unspecified atom stereocenters. The van der Waals surface area contributed by atoms with Gasteiger partial charge in [-0.05, 0) is 11.5 Å². The lowest BCUT2D eigenvalue weighted by Crippen LogP contribution is -2.43. The van der Waals surface area contributed by atoms with E-state index in [1.54, 1.807) is 18.3 Å². The minimum absolute atomic E-state index is 0.109. The van der Waals surface area contributed by atoms with E-state index in [0.717, 1.165) is 0 Å². The topological polar surface area (TPSA) is 94.3 Å². The summed E-state index contributed by atoms with van der Waals surface area (Å²) >= 11 is 1.40. The molecule has 1 aromatic heterocycles. The number of nitrogens with one attached hydrogen (secondary N) is 1. The molecule has 6 nitrogen and oxygen atoms in total. The molecule has 0 saturated carbocycles. The Morgan fingerprint density at radius 1 is 1.42 bits per heavy atom. The van der Waals surface area contributed by atoms with E-state index in [0.29, 0.717) is 22.7 Å². The predicted molar refractivity (Wildman–Crippen MR) is 93.0 cm³/mol. The van der Waals surface area contributed by atoms with Gasteiger partial charge < -0.3 is 15.8 Å². The van der Waals surface area contributed by atoms with Crippen LogP contribution in [0.15, 0.2) is 35.0 Å². The van der Waals surface area contributed by atoms with Gasteiger partial charge in [-0.25, -0.2) is 4.98 Å². The summed E-state index contributed by atoms with van der Waals surface area (Å²) in [6.45, 7) is 5.99. The van der Waals surface area contributed by atoms with Crippen LogP contribution in [0.3, 0.4) is 0 Å². The number of nitrogens with zero attached hydrogens (tertiary/aromatic N) is 1. The highest BCUT2D eigenvalue weighted by Crippen LogP contribution is 2.41. The van der Waals surface area contributed by atoms with Gasteiger partial charge in [0.2, 0.25) is 11.8 Å². The lowest BCUT2D eigenvalue weighted by atomic mass is 9.85. The van der Waals surface area contributed by atoms with E-state index in [2.05, 4.69) is 10.3 Å². The van der Waals surface area contributed by atoms with Gasteiger partial charge in [0.1, 0.15) is 5.01 Å². The number of carbonyl (C=O) groups is 2. The Balaban J connectivity index is 2.39. The lowest BCUT2D eigenvalue weighted by molar-refractivity contribution is -0.123. The van der Waals surface area contributed by atoms with Crippen molar-refractivity contribution in [2.75, 3.05) is 7.11 Å². The van der Waals surface area contributed by atoms with E-state index in [9.17, 15) is 9.59 Å². The minimum atomic E-state index is -1.01. The zero-order valence-corrected chi connectivity index (χ0v) is 15.2. The van der Waals surface area contributed by atoms with Crippen LogP contribution in [0.1, 0.15) is 38.6 Å². The number of carbonyl (C=O) groups excluding carboxylic acids is 2. The van der Waals surface area contributed by atoms with Gasteiger partial charge in [0.15, 0.2) is 5.60 Å². The molecule has 0 saturated heterocycles. The fraction of sp³-hybridized carbons (Fsp3) is 0.471. The van der Waals surface area contributed by atoms with Gasteiger partial charge in [-0.1, -0.05) is 26.8 Å². The van der Waals surface area contributed by atoms with E-state index in [1.807, 2.05) is 26.2 Å². The molecule has 0 fully saturated rings. The van der Waals surface area contributed by atoms with Gasteiger partial charge in [0.05, 0.1) is 5.70 Å². The first-order valence-corrected chi connectivity index (χ1v) is 8.52. The zero-order chi connectivity index (χ0) is 18.0. The van der Waals surface area contributed by atoms with Crippen LogP contribution in [0.25, 0.3) is 0 Å². The van der Waals surface area contributed by atoms with Gasteiger partial charge >= 0.3 is 0 Å². The Hall–Kier alpha value is -1.99. The molecular formula is C17H23N3O3S. The molecule has 1 atom stereocenters. The Bertz CT molecular complexity index is 686. The van der Waals surface area contributed by atoms with Crippen molar-refractivity contribution in [3.63, 3.8) is 0 Å². The SMILES string of the molecule is COC1(c2nccs2)CC(C(N)=O)=CC=C1NC(=O)CC(C)(C)C. The average Bonchev–Trinajstić information content (AvgIpc) is 3.00. The van der Waals surface area contributed by atoms with E-state index in [4.69, 9.17) is 10.5 Å². The van der Waals surface area contributed by atoms with Crippen LogP contribution in [0.5, 0.6) is 0 Å². The first kappa shape index (κ1) is 18.4. The molecule has 2 rings (SSSR count). The second-order valence-electron chi connectivity index (χ2n) is 6.97. The first-order chi connectivity index (χ1) is 11.2. The average molecular weight is 349 g/mol. The highest BCUT2D eigenvalue weighted by Gasteiger charge is 2.43. The van der Waals surface area contributed by atoms with Gasteiger partial charge in [-0.3, -0.25) is 9.59 Å². The zero-order valence-electron chi connectivity index (χ0n) is 14.4. The summed E-state index contributed by atoms with van der Waals surface area (Å²) in [5, 5.41) is 5.42. The Morgan fingerprint density at radius 3 is 2.62 bits per heavy atom. The molecular weight excluding hydrogens is 326 g/mol. The molecule has 130 valence electrons. The van der Waals surface area contributed by atoms with Crippen LogP contribution in [-0.4, -0.2) is 23.9 Å². The summed E-state index contributed by atoms with van der Waals surface area (Å²) in [7, 11) is 1.54. The molecule has 0 bridgehead atoms. The Kier molecular flexibility index (Phi) is 5.25. The smallest absolute Gasteiger partial charge is 0.244 e. The maximum Gasteiger partial charge on any atom is 0.244 e. The second kappa shape index (κ2) is 6.86. The third kappa shape index (κ3) is 3.91. The van der Waals surface area contributed by atoms with Gasteiger partial charge in [0.25, 0.3) is 0 Å². The van der Waals surface area contributed by atoms with Crippen LogP contribution >= 0.6 is 11.3 Å². The molecule has 1 heterocycles. The van der Waals surface area contributed by atoms with E-state index >= 15 is 0 Å². The van der Waals surface area contributed by atoms with Gasteiger partial charge in [-0.15, -0.1) is 11.3 Å². The third-order valence-electron chi connectivity index (χ3n) is 3.73. The molecule has 1 aliphatic carbocycles. The molecule has 0 radical (unpaired) electrons. The van der Waals surface area contributed by atoms with Crippen molar-refractivity contribution < 1.29 is 14.3 Å². The maximum atomic E-state index is 12.4. The highest BCUT2D eigenvalue weighted by atomic mass is 32.1. The quantitative estimate of drug-likeness (QED) is 0.852. The first-order valence-electron chi connectivity index (χ1n) is 7.64. The van der Waals surface area contributed by atoms with Crippen molar-refractivity contribution >= 4 is 23.2 Å². The van der Waals surface area contributed by atoms with Crippen LogP contribution in [0, 0.1) is 5.41 Å². The Labute approximate surface area is 145 Å². The summed E-state index contributed by atoms with van der Waals surface area (Å²) < 4.78 is 5.76. The number of methoxy groups -OCH3 is 1. The maximum absolute atomic E-state index is 12.4. The van der Waals surface area contributed by atoms with Crippen LogP contribution in [0.4, 0.5) is 0 Å². The standard InChI is InChI=1S/C17H23N3O3S/c1-16(2,3)10-13(21)20-12-6-5-11(14(18)22)9-17(12,23-4)15-19-7-8-24-15/h5-8H,9-10H2,1-4H3,(H2,18,22)(H,20,21). The molecule has 2 amide bonds. The molecule has 7 heteroatoms. The number of amides is 2. The normalized spacial score (nSPS) is 21.0. The number of rotatable bonds is 5. The highest BCUT2D eigenvalue weighted by molar-refractivity contribution is 7.09. The van der Waals surface area contributed by atoms with Crippen molar-refractivity contribution in [3.05, 3.63) is 40.0 Å². The number of aromatic nitrogens is 1. The monoisotopic (exact) mass is 349 g/mol. The molecule has 0 aromatic carbocycles. The van der Waals surface area contributed by atoms with Crippen molar-refractivity contribution in [2.45, 2.75) is 39.2 Å². The summed E-state index contributed by atoms with van der Waals surface area (Å²) in [5.41, 5.74) is 5.28. The molecule has 0 spiro atoms. The Morgan fingerprint density at radius 2 is 2.12 bits per heavy atom. The number of thiazole rings is 1. The fourth-order valence-corrected chi connectivity index (χ4v) is 3.44. The van der Waals surface area contributed by atoms with Crippen LogP contribution in [-0.2, 0) is 19.9 Å². The molecule has 24 heavy (non-hydrogen) atoms. The minimum Gasteiger partial charge on any atom is -0.366 e. The van der Waals surface area contributed by atoms with E-state index < -0.39 is 11.5 Å².